The van der Waals surface area contributed by atoms with Gasteiger partial charge in [0.05, 0.1) is 0 Å². The van der Waals surface area contributed by atoms with Crippen molar-refractivity contribution in [2.75, 3.05) is 45.8 Å². The molecular weight excluding hydrogens is 252 g/mol. The fraction of sp³-hybridized carbons (Fsp3) is 0.933. The number of carbonyl (C=O) groups excluding carboxylic acids is 1. The van der Waals surface area contributed by atoms with Gasteiger partial charge in [-0.25, -0.2) is 0 Å². The second-order valence-electron chi connectivity index (χ2n) is 6.08. The predicted molar refractivity (Wildman–Crippen MR) is 81.8 cm³/mol. The molecule has 2 aliphatic heterocycles. The van der Waals surface area contributed by atoms with Crippen LogP contribution in [0, 0.1) is 0 Å². The summed E-state index contributed by atoms with van der Waals surface area (Å²) < 4.78 is 0. The van der Waals surface area contributed by atoms with Crippen molar-refractivity contribution in [3.05, 3.63) is 0 Å². The molecular formula is C15H30N4O. The Labute approximate surface area is 123 Å². The number of piperidine rings is 1. The fourth-order valence-electron chi connectivity index (χ4n) is 3.11. The molecule has 116 valence electrons. The molecule has 2 heterocycles. The van der Waals surface area contributed by atoms with Crippen LogP contribution in [0.2, 0.25) is 0 Å². The summed E-state index contributed by atoms with van der Waals surface area (Å²) in [5, 5.41) is 6.61. The third-order valence-corrected chi connectivity index (χ3v) is 4.68. The van der Waals surface area contributed by atoms with E-state index < -0.39 is 0 Å². The van der Waals surface area contributed by atoms with E-state index in [0.29, 0.717) is 18.5 Å². The molecule has 5 heteroatoms. The normalized spacial score (nSPS) is 29.3. The van der Waals surface area contributed by atoms with Crippen LogP contribution in [-0.2, 0) is 4.79 Å². The molecule has 0 aliphatic carbocycles. The molecule has 2 rings (SSSR count). The van der Waals surface area contributed by atoms with Gasteiger partial charge >= 0.3 is 0 Å². The average molecular weight is 282 g/mol. The molecule has 0 spiro atoms. The predicted octanol–water partition coefficient (Wildman–Crippen LogP) is 0.271. The maximum Gasteiger partial charge on any atom is 0.221 e. The Kier molecular flexibility index (Phi) is 6.26. The van der Waals surface area contributed by atoms with Gasteiger partial charge in [0.1, 0.15) is 0 Å². The van der Waals surface area contributed by atoms with E-state index in [1.165, 1.54) is 0 Å². The molecule has 0 saturated carbocycles. The molecule has 1 amide bonds. The first-order valence-corrected chi connectivity index (χ1v) is 8.16. The summed E-state index contributed by atoms with van der Waals surface area (Å²) in [6.07, 6.45) is 2.90. The van der Waals surface area contributed by atoms with Crippen LogP contribution >= 0.6 is 0 Å². The molecule has 2 N–H and O–H groups in total. The number of rotatable bonds is 5. The molecule has 2 atom stereocenters. The van der Waals surface area contributed by atoms with Crippen LogP contribution in [0.4, 0.5) is 0 Å². The SMILES string of the molecule is CCN1CCN(CCC(=O)NC2CCCNC2C)CC1. The van der Waals surface area contributed by atoms with Crippen molar-refractivity contribution in [1.82, 2.24) is 20.4 Å². The lowest BCUT2D eigenvalue weighted by Crippen LogP contribution is -2.52. The van der Waals surface area contributed by atoms with E-state index in [1.807, 2.05) is 0 Å². The summed E-state index contributed by atoms with van der Waals surface area (Å²) in [4.78, 5) is 16.9. The van der Waals surface area contributed by atoms with Gasteiger partial charge in [-0.2, -0.15) is 0 Å². The highest BCUT2D eigenvalue weighted by Crippen LogP contribution is 2.08. The van der Waals surface area contributed by atoms with E-state index in [2.05, 4.69) is 34.3 Å². The lowest BCUT2D eigenvalue weighted by Gasteiger charge is -2.34. The van der Waals surface area contributed by atoms with E-state index in [9.17, 15) is 4.79 Å². The van der Waals surface area contributed by atoms with E-state index in [1.54, 1.807) is 0 Å². The molecule has 0 aromatic carbocycles. The number of piperazine rings is 1. The minimum absolute atomic E-state index is 0.212. The Balaban J connectivity index is 1.62. The Morgan fingerprint density at radius 2 is 1.95 bits per heavy atom. The van der Waals surface area contributed by atoms with Crippen molar-refractivity contribution in [2.45, 2.75) is 45.2 Å². The van der Waals surface area contributed by atoms with Crippen LogP contribution < -0.4 is 10.6 Å². The molecule has 2 unspecified atom stereocenters. The van der Waals surface area contributed by atoms with Gasteiger partial charge in [-0.05, 0) is 32.9 Å². The summed E-state index contributed by atoms with van der Waals surface area (Å²) in [7, 11) is 0. The molecule has 2 aliphatic rings. The maximum atomic E-state index is 12.0. The van der Waals surface area contributed by atoms with E-state index in [0.717, 1.165) is 58.7 Å². The maximum absolute atomic E-state index is 12.0. The number of hydrogen-bond acceptors (Lipinski definition) is 4. The van der Waals surface area contributed by atoms with E-state index in [-0.39, 0.29) is 5.91 Å². The van der Waals surface area contributed by atoms with Crippen molar-refractivity contribution in [1.29, 1.82) is 0 Å². The minimum atomic E-state index is 0.212. The van der Waals surface area contributed by atoms with Gasteiger partial charge in [0.2, 0.25) is 5.91 Å². The highest BCUT2D eigenvalue weighted by Gasteiger charge is 2.22. The zero-order chi connectivity index (χ0) is 14.4. The Morgan fingerprint density at radius 1 is 1.25 bits per heavy atom. The second kappa shape index (κ2) is 7.96. The largest absolute Gasteiger partial charge is 0.352 e. The summed E-state index contributed by atoms with van der Waals surface area (Å²) in [5.74, 6) is 0.212. The van der Waals surface area contributed by atoms with E-state index in [4.69, 9.17) is 0 Å². The zero-order valence-corrected chi connectivity index (χ0v) is 13.0. The van der Waals surface area contributed by atoms with Gasteiger partial charge in [-0.3, -0.25) is 4.79 Å². The molecule has 2 fully saturated rings. The number of carbonyl (C=O) groups is 1. The van der Waals surface area contributed by atoms with Crippen molar-refractivity contribution in [3.8, 4) is 0 Å². The zero-order valence-electron chi connectivity index (χ0n) is 13.0. The first-order chi connectivity index (χ1) is 9.69. The van der Waals surface area contributed by atoms with Crippen LogP contribution in [0.3, 0.4) is 0 Å². The Hall–Kier alpha value is -0.650. The van der Waals surface area contributed by atoms with Crippen LogP contribution in [0.15, 0.2) is 0 Å². The lowest BCUT2D eigenvalue weighted by molar-refractivity contribution is -0.122. The summed E-state index contributed by atoms with van der Waals surface area (Å²) in [6.45, 7) is 12.0. The second-order valence-corrected chi connectivity index (χ2v) is 6.08. The number of hydrogen-bond donors (Lipinski definition) is 2. The van der Waals surface area contributed by atoms with E-state index >= 15 is 0 Å². The molecule has 0 radical (unpaired) electrons. The van der Waals surface area contributed by atoms with Crippen LogP contribution in [0.25, 0.3) is 0 Å². The van der Waals surface area contributed by atoms with Gasteiger partial charge in [0.25, 0.3) is 0 Å². The highest BCUT2D eigenvalue weighted by molar-refractivity contribution is 5.76. The standard InChI is InChI=1S/C15H30N4O/c1-3-18-9-11-19(12-10-18)8-6-15(20)17-14-5-4-7-16-13(14)2/h13-14,16H,3-12H2,1-2H3,(H,17,20). The summed E-state index contributed by atoms with van der Waals surface area (Å²) in [6, 6.07) is 0.717. The number of nitrogens with one attached hydrogen (secondary N) is 2. The quantitative estimate of drug-likeness (QED) is 0.760. The number of amides is 1. The van der Waals surface area contributed by atoms with Crippen LogP contribution in [-0.4, -0.2) is 73.6 Å². The molecule has 0 aromatic heterocycles. The smallest absolute Gasteiger partial charge is 0.221 e. The Bertz CT molecular complexity index is 302. The van der Waals surface area contributed by atoms with Crippen LogP contribution in [0.1, 0.15) is 33.1 Å². The van der Waals surface area contributed by atoms with Gasteiger partial charge < -0.3 is 20.4 Å². The summed E-state index contributed by atoms with van der Waals surface area (Å²) in [5.41, 5.74) is 0. The average Bonchev–Trinajstić information content (AvgIpc) is 2.48. The van der Waals surface area contributed by atoms with Crippen molar-refractivity contribution >= 4 is 5.91 Å². The minimum Gasteiger partial charge on any atom is -0.352 e. The Morgan fingerprint density at radius 3 is 2.60 bits per heavy atom. The lowest BCUT2D eigenvalue weighted by atomic mass is 10.00. The topological polar surface area (TPSA) is 47.6 Å². The molecule has 0 aromatic rings. The van der Waals surface area contributed by atoms with Crippen LogP contribution in [0.5, 0.6) is 0 Å². The molecule has 0 bridgehead atoms. The first-order valence-electron chi connectivity index (χ1n) is 8.16. The van der Waals surface area contributed by atoms with Crippen molar-refractivity contribution in [3.63, 3.8) is 0 Å². The van der Waals surface area contributed by atoms with Crippen molar-refractivity contribution < 1.29 is 4.79 Å². The first kappa shape index (κ1) is 15.7. The number of likely N-dealkylation sites (N-methyl/N-ethyl adjacent to an activating group) is 1. The van der Waals surface area contributed by atoms with Gasteiger partial charge in [-0.1, -0.05) is 6.92 Å². The van der Waals surface area contributed by atoms with Crippen molar-refractivity contribution in [2.24, 2.45) is 0 Å². The third kappa shape index (κ3) is 4.72. The van der Waals surface area contributed by atoms with Gasteiger partial charge in [0, 0.05) is 51.2 Å². The fourth-order valence-corrected chi connectivity index (χ4v) is 3.11. The summed E-state index contributed by atoms with van der Waals surface area (Å²) >= 11 is 0. The monoisotopic (exact) mass is 282 g/mol. The molecule has 20 heavy (non-hydrogen) atoms. The number of nitrogens with zero attached hydrogens (tertiary/aromatic N) is 2. The van der Waals surface area contributed by atoms with Gasteiger partial charge in [-0.15, -0.1) is 0 Å². The third-order valence-electron chi connectivity index (χ3n) is 4.68. The molecule has 5 nitrogen and oxygen atoms in total. The molecule has 2 saturated heterocycles. The highest BCUT2D eigenvalue weighted by atomic mass is 16.1. The van der Waals surface area contributed by atoms with Gasteiger partial charge in [0.15, 0.2) is 0 Å².